The molecule has 0 fully saturated rings. The topological polar surface area (TPSA) is 37.8 Å². The summed E-state index contributed by atoms with van der Waals surface area (Å²) < 4.78 is 1.02. The third-order valence-corrected chi connectivity index (χ3v) is 4.12. The molecule has 1 heterocycles. The molecule has 0 saturated carbocycles. The Bertz CT molecular complexity index is 401. The second-order valence-corrected chi connectivity index (χ2v) is 6.02. The summed E-state index contributed by atoms with van der Waals surface area (Å²) in [6, 6.07) is 0. The molecule has 108 valence electrons. The van der Waals surface area contributed by atoms with Crippen molar-refractivity contribution in [3.8, 4) is 0 Å². The first-order valence-corrected chi connectivity index (χ1v) is 8.15. The maximum absolute atomic E-state index is 4.78. The summed E-state index contributed by atoms with van der Waals surface area (Å²) in [5.41, 5.74) is 1.11. The number of anilines is 1. The van der Waals surface area contributed by atoms with Gasteiger partial charge in [0.2, 0.25) is 0 Å². The van der Waals surface area contributed by atoms with Gasteiger partial charge >= 0.3 is 0 Å². The Kier molecular flexibility index (Phi) is 6.76. The predicted octanol–water partition coefficient (Wildman–Crippen LogP) is 5.09. The molecule has 0 unspecified atom stereocenters. The van der Waals surface area contributed by atoms with Crippen molar-refractivity contribution in [2.24, 2.45) is 0 Å². The van der Waals surface area contributed by atoms with Gasteiger partial charge in [-0.2, -0.15) is 0 Å². The first kappa shape index (κ1) is 16.4. The third kappa shape index (κ3) is 4.16. The van der Waals surface area contributed by atoms with Crippen LogP contribution in [0.3, 0.4) is 0 Å². The van der Waals surface area contributed by atoms with Gasteiger partial charge in [-0.3, -0.25) is 0 Å². The molecular formula is C15H26BrN3. The molecule has 4 heteroatoms. The van der Waals surface area contributed by atoms with Gasteiger partial charge < -0.3 is 5.32 Å². The number of hydrogen-bond donors (Lipinski definition) is 1. The van der Waals surface area contributed by atoms with Crippen molar-refractivity contribution in [3.05, 3.63) is 16.0 Å². The SMILES string of the molecule is CCCNc1nc(C(CC)CC)nc(C(C)C)c1Br. The Morgan fingerprint density at radius 1 is 1.11 bits per heavy atom. The lowest BCUT2D eigenvalue weighted by molar-refractivity contribution is 0.593. The molecule has 1 aromatic heterocycles. The van der Waals surface area contributed by atoms with Gasteiger partial charge in [-0.15, -0.1) is 0 Å². The highest BCUT2D eigenvalue weighted by atomic mass is 79.9. The molecule has 0 aromatic carbocycles. The number of aromatic nitrogens is 2. The number of halogens is 1. The van der Waals surface area contributed by atoms with Crippen molar-refractivity contribution in [2.45, 2.75) is 65.7 Å². The van der Waals surface area contributed by atoms with E-state index in [9.17, 15) is 0 Å². The summed E-state index contributed by atoms with van der Waals surface area (Å²) in [5.74, 6) is 2.78. The fourth-order valence-corrected chi connectivity index (χ4v) is 2.84. The summed E-state index contributed by atoms with van der Waals surface area (Å²) >= 11 is 3.65. The van der Waals surface area contributed by atoms with Crippen molar-refractivity contribution >= 4 is 21.7 Å². The number of hydrogen-bond acceptors (Lipinski definition) is 3. The van der Waals surface area contributed by atoms with Crippen LogP contribution in [-0.4, -0.2) is 16.5 Å². The quantitative estimate of drug-likeness (QED) is 0.758. The Labute approximate surface area is 125 Å². The minimum atomic E-state index is 0.396. The van der Waals surface area contributed by atoms with E-state index < -0.39 is 0 Å². The van der Waals surface area contributed by atoms with Gasteiger partial charge in [0.05, 0.1) is 10.2 Å². The predicted molar refractivity (Wildman–Crippen MR) is 85.9 cm³/mol. The van der Waals surface area contributed by atoms with Crippen LogP contribution in [0.4, 0.5) is 5.82 Å². The van der Waals surface area contributed by atoms with Crippen LogP contribution in [0.25, 0.3) is 0 Å². The van der Waals surface area contributed by atoms with E-state index in [1.165, 1.54) is 0 Å². The number of rotatable bonds is 7. The summed E-state index contributed by atoms with van der Waals surface area (Å²) in [5, 5.41) is 3.40. The molecule has 1 N–H and O–H groups in total. The molecule has 1 aromatic rings. The van der Waals surface area contributed by atoms with E-state index in [0.29, 0.717) is 11.8 Å². The molecule has 3 nitrogen and oxygen atoms in total. The molecule has 0 atom stereocenters. The molecule has 0 saturated heterocycles. The molecule has 0 bridgehead atoms. The van der Waals surface area contributed by atoms with E-state index in [1.54, 1.807) is 0 Å². The van der Waals surface area contributed by atoms with Crippen molar-refractivity contribution in [1.29, 1.82) is 0 Å². The van der Waals surface area contributed by atoms with Gasteiger partial charge in [0.15, 0.2) is 0 Å². The lowest BCUT2D eigenvalue weighted by atomic mass is 10.0. The van der Waals surface area contributed by atoms with Crippen LogP contribution < -0.4 is 5.32 Å². The summed E-state index contributed by atoms with van der Waals surface area (Å²) in [6.45, 7) is 11.9. The van der Waals surface area contributed by atoms with Crippen molar-refractivity contribution in [1.82, 2.24) is 9.97 Å². The molecule has 0 aliphatic carbocycles. The first-order valence-electron chi connectivity index (χ1n) is 7.36. The zero-order valence-corrected chi connectivity index (χ0v) is 14.3. The van der Waals surface area contributed by atoms with Crippen molar-refractivity contribution in [3.63, 3.8) is 0 Å². The molecule has 0 amide bonds. The standard InChI is InChI=1S/C15H26BrN3/c1-6-9-17-15-12(16)13(10(4)5)18-14(19-15)11(7-2)8-3/h10-11H,6-9H2,1-5H3,(H,17,18,19). The fraction of sp³-hybridized carbons (Fsp3) is 0.733. The van der Waals surface area contributed by atoms with Gasteiger partial charge in [-0.1, -0.05) is 34.6 Å². The van der Waals surface area contributed by atoms with Crippen LogP contribution in [0.1, 0.15) is 77.2 Å². The lowest BCUT2D eigenvalue weighted by Gasteiger charge is -2.18. The monoisotopic (exact) mass is 327 g/mol. The number of nitrogens with zero attached hydrogens (tertiary/aromatic N) is 2. The van der Waals surface area contributed by atoms with E-state index in [1.807, 2.05) is 0 Å². The van der Waals surface area contributed by atoms with E-state index in [4.69, 9.17) is 9.97 Å². The van der Waals surface area contributed by atoms with E-state index in [-0.39, 0.29) is 0 Å². The van der Waals surface area contributed by atoms with E-state index >= 15 is 0 Å². The van der Waals surface area contributed by atoms with E-state index in [2.05, 4.69) is 55.9 Å². The van der Waals surface area contributed by atoms with Gasteiger partial charge in [-0.25, -0.2) is 9.97 Å². The highest BCUT2D eigenvalue weighted by Gasteiger charge is 2.18. The zero-order chi connectivity index (χ0) is 14.4. The summed E-state index contributed by atoms with van der Waals surface area (Å²) in [6.07, 6.45) is 3.26. The molecular weight excluding hydrogens is 302 g/mol. The smallest absolute Gasteiger partial charge is 0.144 e. The van der Waals surface area contributed by atoms with Crippen molar-refractivity contribution < 1.29 is 0 Å². The minimum Gasteiger partial charge on any atom is -0.369 e. The highest BCUT2D eigenvalue weighted by Crippen LogP contribution is 2.31. The van der Waals surface area contributed by atoms with Gasteiger partial charge in [0.1, 0.15) is 11.6 Å². The van der Waals surface area contributed by atoms with Crippen LogP contribution >= 0.6 is 15.9 Å². The number of nitrogens with one attached hydrogen (secondary N) is 1. The normalized spacial score (nSPS) is 11.4. The summed E-state index contributed by atoms with van der Waals surface area (Å²) in [4.78, 5) is 9.51. The second-order valence-electron chi connectivity index (χ2n) is 5.22. The van der Waals surface area contributed by atoms with Crippen LogP contribution in [0.2, 0.25) is 0 Å². The van der Waals surface area contributed by atoms with Gasteiger partial charge in [0, 0.05) is 12.5 Å². The van der Waals surface area contributed by atoms with Gasteiger partial charge in [0.25, 0.3) is 0 Å². The molecule has 19 heavy (non-hydrogen) atoms. The van der Waals surface area contributed by atoms with Crippen LogP contribution in [0.5, 0.6) is 0 Å². The summed E-state index contributed by atoms with van der Waals surface area (Å²) in [7, 11) is 0. The molecule has 0 aliphatic heterocycles. The largest absolute Gasteiger partial charge is 0.369 e. The van der Waals surface area contributed by atoms with Gasteiger partial charge in [-0.05, 0) is 41.1 Å². The van der Waals surface area contributed by atoms with Crippen molar-refractivity contribution in [2.75, 3.05) is 11.9 Å². The average molecular weight is 328 g/mol. The first-order chi connectivity index (χ1) is 9.04. The third-order valence-electron chi connectivity index (χ3n) is 3.33. The Balaban J connectivity index is 3.21. The molecule has 0 radical (unpaired) electrons. The fourth-order valence-electron chi connectivity index (χ4n) is 2.06. The highest BCUT2D eigenvalue weighted by molar-refractivity contribution is 9.10. The minimum absolute atomic E-state index is 0.396. The molecule has 0 aliphatic rings. The Morgan fingerprint density at radius 2 is 1.74 bits per heavy atom. The molecule has 1 rings (SSSR count). The maximum Gasteiger partial charge on any atom is 0.144 e. The maximum atomic E-state index is 4.78. The van der Waals surface area contributed by atoms with Crippen LogP contribution in [0, 0.1) is 0 Å². The van der Waals surface area contributed by atoms with Crippen LogP contribution in [-0.2, 0) is 0 Å². The second kappa shape index (κ2) is 7.83. The van der Waals surface area contributed by atoms with E-state index in [0.717, 1.165) is 47.6 Å². The van der Waals surface area contributed by atoms with Crippen LogP contribution in [0.15, 0.2) is 4.47 Å². The Hall–Kier alpha value is -0.640. The Morgan fingerprint density at radius 3 is 2.21 bits per heavy atom. The zero-order valence-electron chi connectivity index (χ0n) is 12.8. The average Bonchev–Trinajstić information content (AvgIpc) is 2.39. The lowest BCUT2D eigenvalue weighted by Crippen LogP contribution is -2.12. The molecule has 0 spiro atoms.